The zero-order valence-electron chi connectivity index (χ0n) is 18.9. The van der Waals surface area contributed by atoms with Crippen molar-refractivity contribution in [3.8, 4) is 5.88 Å². The van der Waals surface area contributed by atoms with Crippen molar-refractivity contribution in [3.05, 3.63) is 52.9 Å². The summed E-state index contributed by atoms with van der Waals surface area (Å²) in [5.41, 5.74) is 0.197. The van der Waals surface area contributed by atoms with E-state index in [4.69, 9.17) is 14.5 Å². The molecule has 0 bridgehead atoms. The van der Waals surface area contributed by atoms with Gasteiger partial charge in [-0.25, -0.2) is 4.68 Å². The van der Waals surface area contributed by atoms with Crippen molar-refractivity contribution in [2.75, 3.05) is 36.6 Å². The highest BCUT2D eigenvalue weighted by Crippen LogP contribution is 2.32. The van der Waals surface area contributed by atoms with Crippen LogP contribution in [0.15, 0.2) is 47.4 Å². The third kappa shape index (κ3) is 5.70. The molecule has 0 unspecified atom stereocenters. The molecule has 1 aliphatic heterocycles. The molecule has 180 valence electrons. The molecular weight excluding hydrogens is 457 g/mol. The smallest absolute Gasteiger partial charge is 0.280 e. The first-order valence-electron chi connectivity index (χ1n) is 11.1. The Hall–Kier alpha value is -3.07. The predicted octanol–water partition coefficient (Wildman–Crippen LogP) is 2.34. The Bertz CT molecular complexity index is 1200. The molecule has 4 rings (SSSR count). The van der Waals surface area contributed by atoms with Gasteiger partial charge in [0, 0.05) is 30.3 Å². The van der Waals surface area contributed by atoms with Gasteiger partial charge in [-0.2, -0.15) is 10.1 Å². The average molecular weight is 485 g/mol. The number of anilines is 2. The molecule has 0 spiro atoms. The van der Waals surface area contributed by atoms with E-state index in [0.717, 1.165) is 37.0 Å². The molecule has 1 fully saturated rings. The number of carbonyl (C=O) groups is 1. The lowest BCUT2D eigenvalue weighted by Gasteiger charge is -2.33. The molecule has 0 saturated carbocycles. The van der Waals surface area contributed by atoms with E-state index in [9.17, 15) is 9.59 Å². The maximum absolute atomic E-state index is 13.1. The van der Waals surface area contributed by atoms with E-state index in [0.29, 0.717) is 29.0 Å². The Morgan fingerprint density at radius 1 is 1.24 bits per heavy atom. The normalized spacial score (nSPS) is 14.5. The highest BCUT2D eigenvalue weighted by Gasteiger charge is 2.23. The molecule has 0 atom stereocenters. The van der Waals surface area contributed by atoms with Crippen molar-refractivity contribution in [2.45, 2.75) is 25.8 Å². The molecular formula is C23H28N5O5P. The number of hydrogen-bond donors (Lipinski definition) is 3. The molecule has 1 saturated heterocycles. The van der Waals surface area contributed by atoms with Gasteiger partial charge in [0.2, 0.25) is 11.8 Å². The summed E-state index contributed by atoms with van der Waals surface area (Å²) in [7, 11) is -0.373. The summed E-state index contributed by atoms with van der Waals surface area (Å²) >= 11 is 0. The first-order chi connectivity index (χ1) is 16.4. The number of piperidine rings is 1. The number of para-hydroxylation sites is 1. The number of rotatable bonds is 8. The second kappa shape index (κ2) is 10.9. The molecule has 3 N–H and O–H groups in total. The Labute approximate surface area is 198 Å². The van der Waals surface area contributed by atoms with Gasteiger partial charge < -0.3 is 24.7 Å². The van der Waals surface area contributed by atoms with E-state index in [-0.39, 0.29) is 23.7 Å². The number of nitrogens with one attached hydrogen (secondary N) is 1. The van der Waals surface area contributed by atoms with Crippen LogP contribution in [0.1, 0.15) is 19.3 Å². The summed E-state index contributed by atoms with van der Waals surface area (Å²) in [5, 5.41) is 7.82. The summed E-state index contributed by atoms with van der Waals surface area (Å²) < 4.78 is 6.55. The Kier molecular flexibility index (Phi) is 7.72. The summed E-state index contributed by atoms with van der Waals surface area (Å²) in [5.74, 6) is 1.00. The van der Waals surface area contributed by atoms with Crippen molar-refractivity contribution in [3.63, 3.8) is 0 Å². The number of pyridine rings is 1. The minimum absolute atomic E-state index is 0.199. The minimum Gasteiger partial charge on any atom is -0.480 e. The molecule has 1 amide bonds. The topological polar surface area (TPSA) is 130 Å². The molecule has 1 aromatic carbocycles. The number of benzene rings is 1. The SMILES string of the molecule is COc1nc(N2CCC(CCP(O)O)CC2)cc2cnn(CC(=O)Nc3ccccc3)c(=O)c12. The number of aromatic nitrogens is 3. The van der Waals surface area contributed by atoms with E-state index in [1.54, 1.807) is 18.3 Å². The van der Waals surface area contributed by atoms with E-state index < -0.39 is 13.9 Å². The number of fused-ring (bicyclic) bond motifs is 1. The fourth-order valence-corrected chi connectivity index (χ4v) is 4.78. The van der Waals surface area contributed by atoms with Crippen LogP contribution >= 0.6 is 8.38 Å². The van der Waals surface area contributed by atoms with Gasteiger partial charge in [0.15, 0.2) is 8.38 Å². The molecule has 3 aromatic rings. The number of methoxy groups -OCH3 is 1. The van der Waals surface area contributed by atoms with E-state index in [2.05, 4.69) is 20.3 Å². The quantitative estimate of drug-likeness (QED) is 0.415. The van der Waals surface area contributed by atoms with Crippen LogP contribution in [0.5, 0.6) is 5.88 Å². The van der Waals surface area contributed by atoms with E-state index in [1.165, 1.54) is 7.11 Å². The van der Waals surface area contributed by atoms with Crippen molar-refractivity contribution in [1.82, 2.24) is 14.8 Å². The lowest BCUT2D eigenvalue weighted by molar-refractivity contribution is -0.117. The van der Waals surface area contributed by atoms with Gasteiger partial charge in [0.25, 0.3) is 5.56 Å². The van der Waals surface area contributed by atoms with Gasteiger partial charge in [0.05, 0.1) is 13.3 Å². The molecule has 0 aliphatic carbocycles. The lowest BCUT2D eigenvalue weighted by atomic mass is 9.94. The highest BCUT2D eigenvalue weighted by atomic mass is 31.2. The van der Waals surface area contributed by atoms with Gasteiger partial charge in [-0.1, -0.05) is 18.2 Å². The van der Waals surface area contributed by atoms with Crippen LogP contribution in [0.25, 0.3) is 10.8 Å². The maximum atomic E-state index is 13.1. The van der Waals surface area contributed by atoms with Crippen LogP contribution in [0.4, 0.5) is 11.5 Å². The molecule has 2 aromatic heterocycles. The first-order valence-corrected chi connectivity index (χ1v) is 12.6. The summed E-state index contributed by atoms with van der Waals surface area (Å²) in [6.45, 7) is 1.34. The zero-order valence-corrected chi connectivity index (χ0v) is 19.8. The van der Waals surface area contributed by atoms with Crippen LogP contribution in [-0.4, -0.2) is 56.8 Å². The second-order valence-electron chi connectivity index (χ2n) is 8.29. The van der Waals surface area contributed by atoms with Crippen LogP contribution in [-0.2, 0) is 11.3 Å². The molecule has 3 heterocycles. The van der Waals surface area contributed by atoms with Gasteiger partial charge in [-0.15, -0.1) is 0 Å². The minimum atomic E-state index is -1.84. The van der Waals surface area contributed by atoms with Crippen LogP contribution in [0.2, 0.25) is 0 Å². The molecule has 34 heavy (non-hydrogen) atoms. The van der Waals surface area contributed by atoms with Crippen molar-refractivity contribution in [2.24, 2.45) is 5.92 Å². The third-order valence-electron chi connectivity index (χ3n) is 6.01. The standard InChI is InChI=1S/C23H28N5O5P/c1-33-22-21-17(13-19(26-22)27-10-7-16(8-11-27)9-12-34(31)32)14-24-28(23(21)30)15-20(29)25-18-5-3-2-4-6-18/h2-6,13-14,16,31-32H,7-12,15H2,1H3,(H,25,29). The fraction of sp³-hybridized carbons (Fsp3) is 0.391. The fourth-order valence-electron chi connectivity index (χ4n) is 4.19. The van der Waals surface area contributed by atoms with Gasteiger partial charge in [-0.3, -0.25) is 9.59 Å². The van der Waals surface area contributed by atoms with E-state index in [1.807, 2.05) is 24.3 Å². The van der Waals surface area contributed by atoms with Gasteiger partial charge in [-0.05, 0) is 43.4 Å². The van der Waals surface area contributed by atoms with E-state index >= 15 is 0 Å². The number of ether oxygens (including phenoxy) is 1. The van der Waals surface area contributed by atoms with Crippen molar-refractivity contribution >= 4 is 36.6 Å². The number of nitrogens with zero attached hydrogens (tertiary/aromatic N) is 4. The van der Waals surface area contributed by atoms with Crippen molar-refractivity contribution in [1.29, 1.82) is 0 Å². The van der Waals surface area contributed by atoms with Gasteiger partial charge >= 0.3 is 0 Å². The van der Waals surface area contributed by atoms with Gasteiger partial charge in [0.1, 0.15) is 17.7 Å². The second-order valence-corrected chi connectivity index (χ2v) is 9.48. The number of carbonyl (C=O) groups excluding carboxylic acids is 1. The molecule has 10 nitrogen and oxygen atoms in total. The van der Waals surface area contributed by atoms with Crippen LogP contribution in [0.3, 0.4) is 0 Å². The average Bonchev–Trinajstić information content (AvgIpc) is 2.84. The zero-order chi connectivity index (χ0) is 24.1. The van der Waals surface area contributed by atoms with Crippen molar-refractivity contribution < 1.29 is 19.3 Å². The summed E-state index contributed by atoms with van der Waals surface area (Å²) in [4.78, 5) is 50.5. The highest BCUT2D eigenvalue weighted by molar-refractivity contribution is 7.45. The predicted molar refractivity (Wildman–Crippen MR) is 131 cm³/mol. The molecule has 11 heteroatoms. The molecule has 1 aliphatic rings. The number of amides is 1. The Morgan fingerprint density at radius 3 is 2.65 bits per heavy atom. The van der Waals surface area contributed by atoms with Crippen LogP contribution < -0.4 is 20.5 Å². The molecule has 0 radical (unpaired) electrons. The number of hydrogen-bond acceptors (Lipinski definition) is 8. The third-order valence-corrected chi connectivity index (χ3v) is 6.67. The Morgan fingerprint density at radius 2 is 1.97 bits per heavy atom. The summed E-state index contributed by atoms with van der Waals surface area (Å²) in [6.07, 6.45) is 4.67. The summed E-state index contributed by atoms with van der Waals surface area (Å²) in [6, 6.07) is 10.8. The largest absolute Gasteiger partial charge is 0.480 e. The van der Waals surface area contributed by atoms with Crippen LogP contribution in [0, 0.1) is 5.92 Å². The first kappa shape index (κ1) is 24.1. The monoisotopic (exact) mass is 485 g/mol. The Balaban J connectivity index is 1.51. The lowest BCUT2D eigenvalue weighted by Crippen LogP contribution is -2.34. The maximum Gasteiger partial charge on any atom is 0.280 e.